The number of anilines is 1. The molecule has 2 aromatic carbocycles. The molecule has 2 heterocycles. The highest BCUT2D eigenvalue weighted by Crippen LogP contribution is 2.17. The maximum absolute atomic E-state index is 13.0. The lowest BCUT2D eigenvalue weighted by Gasteiger charge is -2.13. The van der Waals surface area contributed by atoms with E-state index in [0.29, 0.717) is 27.4 Å². The monoisotopic (exact) mass is 406 g/mol. The van der Waals surface area contributed by atoms with Crippen LogP contribution in [0.1, 0.15) is 12.5 Å². The minimum Gasteiger partial charge on any atom is -0.324 e. The van der Waals surface area contributed by atoms with Crippen molar-refractivity contribution >= 4 is 34.2 Å². The number of nitrogens with zero attached hydrogens (tertiary/aromatic N) is 3. The zero-order valence-corrected chi connectivity index (χ0v) is 16.6. The molecule has 2 aromatic heterocycles. The lowest BCUT2D eigenvalue weighted by atomic mass is 10.1. The molecule has 6 nitrogen and oxygen atoms in total. The van der Waals surface area contributed by atoms with Crippen LogP contribution in [-0.2, 0) is 17.8 Å². The molecule has 0 aliphatic heterocycles. The van der Waals surface area contributed by atoms with Gasteiger partial charge in [-0.15, -0.1) is 0 Å². The summed E-state index contributed by atoms with van der Waals surface area (Å²) >= 11 is 5.99. The second-order valence-electron chi connectivity index (χ2n) is 6.63. The standard InChI is InChI=1S/C22H19ClN4O2/c1-2-15-8-10-18(11-9-15)27-22(29)19-7-4-12-24-21(19)26(27)14-20(28)25-17-6-3-5-16(23)13-17/h3-13H,2,14H2,1H3,(H,25,28). The minimum atomic E-state index is -0.284. The molecule has 7 heteroatoms. The molecular formula is C22H19ClN4O2. The largest absolute Gasteiger partial charge is 0.324 e. The molecule has 0 bridgehead atoms. The van der Waals surface area contributed by atoms with Crippen molar-refractivity contribution in [2.45, 2.75) is 19.9 Å². The van der Waals surface area contributed by atoms with Crippen molar-refractivity contribution in [3.8, 4) is 5.69 Å². The lowest BCUT2D eigenvalue weighted by molar-refractivity contribution is -0.116. The number of hydrogen-bond acceptors (Lipinski definition) is 3. The maximum atomic E-state index is 13.0. The zero-order chi connectivity index (χ0) is 20.4. The Kier molecular flexibility index (Phi) is 5.18. The summed E-state index contributed by atoms with van der Waals surface area (Å²) in [6, 6.07) is 18.1. The van der Waals surface area contributed by atoms with E-state index >= 15 is 0 Å². The number of aryl methyl sites for hydroxylation is 1. The Hall–Kier alpha value is -3.38. The Morgan fingerprint density at radius 3 is 2.62 bits per heavy atom. The van der Waals surface area contributed by atoms with Gasteiger partial charge in [-0.05, 0) is 54.4 Å². The molecule has 0 saturated carbocycles. The minimum absolute atomic E-state index is 0.0716. The van der Waals surface area contributed by atoms with Crippen LogP contribution in [-0.4, -0.2) is 20.3 Å². The van der Waals surface area contributed by atoms with Crippen molar-refractivity contribution in [1.82, 2.24) is 14.3 Å². The van der Waals surface area contributed by atoms with Gasteiger partial charge in [0.1, 0.15) is 6.54 Å². The normalized spacial score (nSPS) is 11.0. The summed E-state index contributed by atoms with van der Waals surface area (Å²) < 4.78 is 3.09. The van der Waals surface area contributed by atoms with Gasteiger partial charge in [-0.1, -0.05) is 36.7 Å². The molecule has 0 fully saturated rings. The molecular weight excluding hydrogens is 388 g/mol. The van der Waals surface area contributed by atoms with E-state index < -0.39 is 0 Å². The molecule has 4 aromatic rings. The molecule has 29 heavy (non-hydrogen) atoms. The summed E-state index contributed by atoms with van der Waals surface area (Å²) in [5.41, 5.74) is 2.68. The molecule has 0 aliphatic rings. The maximum Gasteiger partial charge on any atom is 0.280 e. The highest BCUT2D eigenvalue weighted by atomic mass is 35.5. The summed E-state index contributed by atoms with van der Waals surface area (Å²) in [6.45, 7) is 2.00. The van der Waals surface area contributed by atoms with Gasteiger partial charge in [-0.3, -0.25) is 14.3 Å². The van der Waals surface area contributed by atoms with Crippen LogP contribution in [0.15, 0.2) is 71.7 Å². The number of aromatic nitrogens is 3. The predicted molar refractivity (Wildman–Crippen MR) is 115 cm³/mol. The van der Waals surface area contributed by atoms with E-state index in [1.54, 1.807) is 47.3 Å². The molecule has 1 amide bonds. The predicted octanol–water partition coefficient (Wildman–Crippen LogP) is 4.04. The number of pyridine rings is 1. The molecule has 0 aliphatic carbocycles. The first-order valence-corrected chi connectivity index (χ1v) is 9.66. The zero-order valence-electron chi connectivity index (χ0n) is 15.8. The number of nitrogens with one attached hydrogen (secondary N) is 1. The number of halogens is 1. The summed E-state index contributed by atoms with van der Waals surface area (Å²) in [4.78, 5) is 30.1. The second kappa shape index (κ2) is 7.93. The van der Waals surface area contributed by atoms with Crippen LogP contribution >= 0.6 is 11.6 Å². The average Bonchev–Trinajstić information content (AvgIpc) is 3.00. The van der Waals surface area contributed by atoms with E-state index in [9.17, 15) is 9.59 Å². The fraction of sp³-hybridized carbons (Fsp3) is 0.136. The molecule has 4 rings (SSSR count). The Morgan fingerprint density at radius 2 is 1.90 bits per heavy atom. The first-order valence-electron chi connectivity index (χ1n) is 9.28. The molecule has 0 atom stereocenters. The van der Waals surface area contributed by atoms with Crippen LogP contribution in [0.2, 0.25) is 5.02 Å². The first-order chi connectivity index (χ1) is 14.1. The number of amides is 1. The highest BCUT2D eigenvalue weighted by molar-refractivity contribution is 6.30. The van der Waals surface area contributed by atoms with Gasteiger partial charge in [-0.25, -0.2) is 9.67 Å². The van der Waals surface area contributed by atoms with Gasteiger partial charge < -0.3 is 5.32 Å². The van der Waals surface area contributed by atoms with Crippen LogP contribution in [0.5, 0.6) is 0 Å². The van der Waals surface area contributed by atoms with E-state index in [1.807, 2.05) is 24.3 Å². The first kappa shape index (κ1) is 19.0. The molecule has 0 unspecified atom stereocenters. The average molecular weight is 407 g/mol. The third kappa shape index (κ3) is 3.79. The highest BCUT2D eigenvalue weighted by Gasteiger charge is 2.18. The van der Waals surface area contributed by atoms with Crippen molar-refractivity contribution in [2.75, 3.05) is 5.32 Å². The number of carbonyl (C=O) groups is 1. The van der Waals surface area contributed by atoms with Gasteiger partial charge in [0.2, 0.25) is 5.91 Å². The van der Waals surface area contributed by atoms with Gasteiger partial charge in [-0.2, -0.15) is 0 Å². The van der Waals surface area contributed by atoms with E-state index in [1.165, 1.54) is 10.2 Å². The quantitative estimate of drug-likeness (QED) is 0.543. The topological polar surface area (TPSA) is 68.9 Å². The van der Waals surface area contributed by atoms with Crippen molar-refractivity contribution in [3.63, 3.8) is 0 Å². The summed E-state index contributed by atoms with van der Waals surface area (Å²) in [5.74, 6) is -0.284. The van der Waals surface area contributed by atoms with Gasteiger partial charge in [0.15, 0.2) is 5.65 Å². The Bertz CT molecular complexity index is 1240. The molecule has 0 spiro atoms. The smallest absolute Gasteiger partial charge is 0.280 e. The van der Waals surface area contributed by atoms with Crippen LogP contribution in [0.3, 0.4) is 0 Å². The SMILES string of the molecule is CCc1ccc(-n2c(=O)c3cccnc3n2CC(=O)Nc2cccc(Cl)c2)cc1. The molecule has 0 radical (unpaired) electrons. The van der Waals surface area contributed by atoms with Gasteiger partial charge in [0.05, 0.1) is 11.1 Å². The number of carbonyl (C=O) groups excluding carboxylic acids is 1. The third-order valence-electron chi connectivity index (χ3n) is 4.69. The number of fused-ring (bicyclic) bond motifs is 1. The third-order valence-corrected chi connectivity index (χ3v) is 4.92. The van der Waals surface area contributed by atoms with E-state index in [0.717, 1.165) is 6.42 Å². The summed E-state index contributed by atoms with van der Waals surface area (Å²) in [7, 11) is 0. The fourth-order valence-electron chi connectivity index (χ4n) is 3.27. The Labute approximate surface area is 172 Å². The summed E-state index contributed by atoms with van der Waals surface area (Å²) in [5, 5.41) is 3.81. The van der Waals surface area contributed by atoms with E-state index in [-0.39, 0.29) is 18.0 Å². The summed E-state index contributed by atoms with van der Waals surface area (Å²) in [6.07, 6.45) is 2.51. The number of rotatable bonds is 5. The Morgan fingerprint density at radius 1 is 1.10 bits per heavy atom. The van der Waals surface area contributed by atoms with Crippen molar-refractivity contribution in [3.05, 3.63) is 87.8 Å². The van der Waals surface area contributed by atoms with Gasteiger partial charge in [0, 0.05) is 16.9 Å². The van der Waals surface area contributed by atoms with Crippen LogP contribution in [0.4, 0.5) is 5.69 Å². The van der Waals surface area contributed by atoms with Gasteiger partial charge >= 0.3 is 0 Å². The van der Waals surface area contributed by atoms with Gasteiger partial charge in [0.25, 0.3) is 5.56 Å². The van der Waals surface area contributed by atoms with E-state index in [4.69, 9.17) is 11.6 Å². The molecule has 0 saturated heterocycles. The van der Waals surface area contributed by atoms with Crippen LogP contribution < -0.4 is 10.9 Å². The number of hydrogen-bond donors (Lipinski definition) is 1. The second-order valence-corrected chi connectivity index (χ2v) is 7.06. The number of benzene rings is 2. The fourth-order valence-corrected chi connectivity index (χ4v) is 3.46. The molecule has 1 N–H and O–H groups in total. The Balaban J connectivity index is 1.76. The molecule has 146 valence electrons. The lowest BCUT2D eigenvalue weighted by Crippen LogP contribution is -2.27. The van der Waals surface area contributed by atoms with Crippen LogP contribution in [0.25, 0.3) is 16.7 Å². The van der Waals surface area contributed by atoms with E-state index in [2.05, 4.69) is 17.2 Å². The van der Waals surface area contributed by atoms with Crippen molar-refractivity contribution in [2.24, 2.45) is 0 Å². The van der Waals surface area contributed by atoms with Crippen molar-refractivity contribution < 1.29 is 4.79 Å². The van der Waals surface area contributed by atoms with Crippen molar-refractivity contribution in [1.29, 1.82) is 0 Å². The van der Waals surface area contributed by atoms with Crippen LogP contribution in [0, 0.1) is 0 Å².